The molecule has 0 aliphatic rings. The summed E-state index contributed by atoms with van der Waals surface area (Å²) >= 11 is 0. The van der Waals surface area contributed by atoms with Crippen LogP contribution in [0.1, 0.15) is 11.1 Å². The molecular weight excluding hydrogens is 352 g/mol. The summed E-state index contributed by atoms with van der Waals surface area (Å²) in [4.78, 5) is 1.34. The van der Waals surface area contributed by atoms with Crippen LogP contribution in [-0.4, -0.2) is 26.5 Å². The number of aromatic nitrogens is 4. The zero-order valence-electron chi connectivity index (χ0n) is 15.0. The van der Waals surface area contributed by atoms with Gasteiger partial charge in [0.25, 0.3) is 5.95 Å². The lowest BCUT2D eigenvalue weighted by Gasteiger charge is -2.06. The molecule has 0 aliphatic heterocycles. The molecule has 1 N–H and O–H groups in total. The summed E-state index contributed by atoms with van der Waals surface area (Å²) in [5, 5.41) is 18.9. The Morgan fingerprint density at radius 1 is 0.893 bits per heavy atom. The van der Waals surface area contributed by atoms with E-state index in [4.69, 9.17) is 4.74 Å². The lowest BCUT2D eigenvalue weighted by Crippen LogP contribution is -2.01. The van der Waals surface area contributed by atoms with E-state index in [0.717, 1.165) is 22.6 Å². The Kier molecular flexibility index (Phi) is 5.34. The molecule has 28 heavy (non-hydrogen) atoms. The van der Waals surface area contributed by atoms with Gasteiger partial charge >= 0.3 is 0 Å². The summed E-state index contributed by atoms with van der Waals surface area (Å²) in [5.74, 6) is 1.24. The number of tetrazole rings is 1. The standard InChI is InChI=1S/C21H18N6O/c1-3-7-18(8-4-1)16-28-20-13-11-17(12-14-20)15-22-27-21(24-25-26-27)23-19-9-5-2-6-10-19/h1-15H,16H2,(H,23,24,26). The van der Waals surface area contributed by atoms with E-state index in [0.29, 0.717) is 12.6 Å². The van der Waals surface area contributed by atoms with Crippen molar-refractivity contribution in [1.82, 2.24) is 20.3 Å². The molecule has 0 saturated heterocycles. The highest BCUT2D eigenvalue weighted by molar-refractivity contribution is 5.79. The molecule has 0 spiro atoms. The summed E-state index contributed by atoms with van der Waals surface area (Å²) in [6.45, 7) is 0.535. The number of ether oxygens (including phenoxy) is 1. The second-order valence-electron chi connectivity index (χ2n) is 5.97. The fourth-order valence-electron chi connectivity index (χ4n) is 2.50. The first kappa shape index (κ1) is 17.4. The van der Waals surface area contributed by atoms with Crippen molar-refractivity contribution in [2.24, 2.45) is 5.10 Å². The minimum atomic E-state index is 0.435. The lowest BCUT2D eigenvalue weighted by molar-refractivity contribution is 0.306. The molecule has 0 amide bonds. The second-order valence-corrected chi connectivity index (χ2v) is 5.97. The molecule has 1 aromatic heterocycles. The number of hydrogen-bond donors (Lipinski definition) is 1. The van der Waals surface area contributed by atoms with Gasteiger partial charge < -0.3 is 10.1 Å². The summed E-state index contributed by atoms with van der Waals surface area (Å²) in [6.07, 6.45) is 1.69. The van der Waals surface area contributed by atoms with Crippen molar-refractivity contribution < 1.29 is 4.74 Å². The van der Waals surface area contributed by atoms with E-state index in [-0.39, 0.29) is 0 Å². The van der Waals surface area contributed by atoms with Crippen LogP contribution in [0.15, 0.2) is 90.0 Å². The van der Waals surface area contributed by atoms with Gasteiger partial charge in [-0.05, 0) is 58.0 Å². The van der Waals surface area contributed by atoms with Crippen LogP contribution in [0.25, 0.3) is 0 Å². The third-order valence-electron chi connectivity index (χ3n) is 3.93. The Hall–Kier alpha value is -4.00. The number of para-hydroxylation sites is 1. The Morgan fingerprint density at radius 2 is 1.61 bits per heavy atom. The molecule has 0 atom stereocenters. The van der Waals surface area contributed by atoms with Gasteiger partial charge in [0.1, 0.15) is 12.4 Å². The van der Waals surface area contributed by atoms with Gasteiger partial charge in [-0.1, -0.05) is 58.4 Å². The number of rotatable bonds is 7. The van der Waals surface area contributed by atoms with Gasteiger partial charge in [0.05, 0.1) is 6.21 Å². The second kappa shape index (κ2) is 8.59. The van der Waals surface area contributed by atoms with Crippen LogP contribution in [0, 0.1) is 0 Å². The van der Waals surface area contributed by atoms with Crippen LogP contribution in [0.5, 0.6) is 5.75 Å². The molecule has 3 aromatic carbocycles. The SMILES string of the molecule is C(=Nn1nnnc1Nc1ccccc1)c1ccc(OCc2ccccc2)cc1. The number of nitrogens with one attached hydrogen (secondary N) is 1. The van der Waals surface area contributed by atoms with Crippen molar-refractivity contribution in [3.8, 4) is 5.75 Å². The van der Waals surface area contributed by atoms with E-state index in [9.17, 15) is 0 Å². The highest BCUT2D eigenvalue weighted by Gasteiger charge is 2.04. The van der Waals surface area contributed by atoms with Gasteiger partial charge in [-0.3, -0.25) is 0 Å². The van der Waals surface area contributed by atoms with E-state index in [1.54, 1.807) is 6.21 Å². The average Bonchev–Trinajstić information content (AvgIpc) is 3.20. The Bertz CT molecular complexity index is 1030. The molecule has 0 aliphatic carbocycles. The number of nitrogens with zero attached hydrogens (tertiary/aromatic N) is 5. The Balaban J connectivity index is 1.38. The highest BCUT2D eigenvalue weighted by Crippen LogP contribution is 2.14. The first-order chi connectivity index (χ1) is 13.9. The fourth-order valence-corrected chi connectivity index (χ4v) is 2.50. The van der Waals surface area contributed by atoms with Gasteiger partial charge in [-0.15, -0.1) is 0 Å². The summed E-state index contributed by atoms with van der Waals surface area (Å²) in [7, 11) is 0. The molecular formula is C21H18N6O. The number of anilines is 2. The van der Waals surface area contributed by atoms with Crippen molar-refractivity contribution in [3.63, 3.8) is 0 Å². The van der Waals surface area contributed by atoms with Crippen molar-refractivity contribution in [3.05, 3.63) is 96.1 Å². The zero-order chi connectivity index (χ0) is 19.0. The topological polar surface area (TPSA) is 77.2 Å². The predicted molar refractivity (Wildman–Crippen MR) is 108 cm³/mol. The molecule has 0 radical (unpaired) electrons. The van der Waals surface area contributed by atoms with E-state index in [1.807, 2.05) is 84.9 Å². The van der Waals surface area contributed by atoms with Crippen molar-refractivity contribution in [2.75, 3.05) is 5.32 Å². The fraction of sp³-hybridized carbons (Fsp3) is 0.0476. The summed E-state index contributed by atoms with van der Waals surface area (Å²) in [5.41, 5.74) is 2.92. The first-order valence-corrected chi connectivity index (χ1v) is 8.78. The molecule has 1 heterocycles. The third-order valence-corrected chi connectivity index (χ3v) is 3.93. The van der Waals surface area contributed by atoms with Crippen LogP contribution in [0.2, 0.25) is 0 Å². The number of benzene rings is 3. The van der Waals surface area contributed by atoms with Crippen LogP contribution in [-0.2, 0) is 6.61 Å². The maximum absolute atomic E-state index is 5.79. The molecule has 7 heteroatoms. The molecule has 7 nitrogen and oxygen atoms in total. The van der Waals surface area contributed by atoms with Crippen molar-refractivity contribution in [2.45, 2.75) is 6.61 Å². The van der Waals surface area contributed by atoms with Crippen LogP contribution in [0.4, 0.5) is 11.6 Å². The van der Waals surface area contributed by atoms with E-state index >= 15 is 0 Å². The molecule has 4 rings (SSSR count). The van der Waals surface area contributed by atoms with E-state index in [1.165, 1.54) is 4.79 Å². The molecule has 0 saturated carbocycles. The predicted octanol–water partition coefficient (Wildman–Crippen LogP) is 3.88. The molecule has 138 valence electrons. The van der Waals surface area contributed by atoms with Gasteiger partial charge in [-0.2, -0.15) is 5.10 Å². The normalized spacial score (nSPS) is 10.9. The van der Waals surface area contributed by atoms with Crippen LogP contribution < -0.4 is 10.1 Å². The first-order valence-electron chi connectivity index (χ1n) is 8.78. The van der Waals surface area contributed by atoms with E-state index < -0.39 is 0 Å². The van der Waals surface area contributed by atoms with Crippen LogP contribution >= 0.6 is 0 Å². The zero-order valence-corrected chi connectivity index (χ0v) is 15.0. The van der Waals surface area contributed by atoms with Crippen molar-refractivity contribution in [1.29, 1.82) is 0 Å². The number of hydrogen-bond acceptors (Lipinski definition) is 6. The van der Waals surface area contributed by atoms with E-state index in [2.05, 4.69) is 25.9 Å². The van der Waals surface area contributed by atoms with Crippen molar-refractivity contribution >= 4 is 17.9 Å². The molecule has 0 unspecified atom stereocenters. The van der Waals surface area contributed by atoms with Gasteiger partial charge in [0, 0.05) is 5.69 Å². The Labute approximate surface area is 162 Å². The maximum Gasteiger partial charge on any atom is 0.269 e. The molecule has 0 fully saturated rings. The quantitative estimate of drug-likeness (QED) is 0.500. The Morgan fingerprint density at radius 3 is 2.36 bits per heavy atom. The van der Waals surface area contributed by atoms with Gasteiger partial charge in [0.2, 0.25) is 0 Å². The average molecular weight is 370 g/mol. The molecule has 4 aromatic rings. The summed E-state index contributed by atoms with van der Waals surface area (Å²) in [6, 6.07) is 27.4. The smallest absolute Gasteiger partial charge is 0.269 e. The highest BCUT2D eigenvalue weighted by atomic mass is 16.5. The minimum Gasteiger partial charge on any atom is -0.489 e. The molecule has 0 bridgehead atoms. The lowest BCUT2D eigenvalue weighted by atomic mass is 10.2. The van der Waals surface area contributed by atoms with Gasteiger partial charge in [0.15, 0.2) is 0 Å². The van der Waals surface area contributed by atoms with Gasteiger partial charge in [-0.25, -0.2) is 0 Å². The monoisotopic (exact) mass is 370 g/mol. The third kappa shape index (κ3) is 4.59. The van der Waals surface area contributed by atoms with Crippen LogP contribution in [0.3, 0.4) is 0 Å². The summed E-state index contributed by atoms with van der Waals surface area (Å²) < 4.78 is 5.79. The maximum atomic E-state index is 5.79. The largest absolute Gasteiger partial charge is 0.489 e. The minimum absolute atomic E-state index is 0.435.